The number of rotatable bonds is 0. The average Bonchev–Trinajstić information content (AvgIpc) is 1.92. The van der Waals surface area contributed by atoms with E-state index in [9.17, 15) is 13.2 Å². The van der Waals surface area contributed by atoms with Gasteiger partial charge in [-0.1, -0.05) is 17.7 Å². The minimum Gasteiger partial charge on any atom is -0.166 e. The van der Waals surface area contributed by atoms with Crippen molar-refractivity contribution in [3.8, 4) is 0 Å². The molecule has 0 saturated heterocycles. The van der Waals surface area contributed by atoms with Gasteiger partial charge in [0, 0.05) is 0 Å². The highest BCUT2D eigenvalue weighted by Crippen LogP contribution is 2.31. The van der Waals surface area contributed by atoms with Crippen LogP contribution in [-0.2, 0) is 6.18 Å². The van der Waals surface area contributed by atoms with Gasteiger partial charge in [-0.25, -0.2) is 0 Å². The molecule has 0 nitrogen and oxygen atoms in total. The molecule has 1 aromatic rings. The van der Waals surface area contributed by atoms with E-state index in [-0.39, 0.29) is 5.56 Å². The van der Waals surface area contributed by atoms with Gasteiger partial charge in [0.15, 0.2) is 0 Å². The Labute approximate surface area is 69.0 Å². The number of hydrogen-bond donors (Lipinski definition) is 0. The van der Waals surface area contributed by atoms with E-state index in [0.717, 1.165) is 6.07 Å². The highest BCUT2D eigenvalue weighted by Gasteiger charge is 2.32. The maximum atomic E-state index is 12.2. The van der Waals surface area contributed by atoms with E-state index < -0.39 is 11.7 Å². The fourth-order valence-electron chi connectivity index (χ4n) is 0.954. The lowest BCUT2D eigenvalue weighted by Crippen LogP contribution is -2.07. The first-order chi connectivity index (χ1) is 5.41. The Kier molecular flexibility index (Phi) is 2.13. The van der Waals surface area contributed by atoms with Crippen LogP contribution in [0.15, 0.2) is 18.2 Å². The van der Waals surface area contributed by atoms with Crippen molar-refractivity contribution in [1.29, 1.82) is 0 Å². The van der Waals surface area contributed by atoms with Gasteiger partial charge >= 0.3 is 6.18 Å². The summed E-state index contributed by atoms with van der Waals surface area (Å²) in [5, 5.41) is 0. The number of benzene rings is 1. The molecule has 65 valence electrons. The van der Waals surface area contributed by atoms with E-state index in [1.54, 1.807) is 13.0 Å². The summed E-state index contributed by atoms with van der Waals surface area (Å²) in [5.41, 5.74) is -0.0367. The molecule has 0 aliphatic rings. The quantitative estimate of drug-likeness (QED) is 0.565. The third-order valence-electron chi connectivity index (χ3n) is 1.57. The molecule has 12 heavy (non-hydrogen) atoms. The number of alkyl halides is 3. The van der Waals surface area contributed by atoms with Crippen LogP contribution >= 0.6 is 0 Å². The number of hydrogen-bond acceptors (Lipinski definition) is 0. The molecule has 0 unspecified atom stereocenters. The molecule has 0 bridgehead atoms. The molecular formula is C9H8F3. The second-order valence-corrected chi connectivity index (χ2v) is 2.66. The average molecular weight is 173 g/mol. The zero-order valence-electron chi connectivity index (χ0n) is 6.57. The van der Waals surface area contributed by atoms with Crippen LogP contribution in [0.2, 0.25) is 0 Å². The molecular weight excluding hydrogens is 165 g/mol. The van der Waals surface area contributed by atoms with Crippen molar-refractivity contribution >= 4 is 0 Å². The molecule has 0 fully saturated rings. The van der Waals surface area contributed by atoms with Crippen LogP contribution in [0.1, 0.15) is 16.7 Å². The Balaban J connectivity index is 3.23. The Hall–Kier alpha value is -0.990. The van der Waals surface area contributed by atoms with Crippen LogP contribution in [0, 0.1) is 13.8 Å². The molecule has 0 amide bonds. The molecule has 0 aliphatic carbocycles. The maximum absolute atomic E-state index is 12.2. The monoisotopic (exact) mass is 173 g/mol. The lowest BCUT2D eigenvalue weighted by Gasteiger charge is -2.10. The smallest absolute Gasteiger partial charge is 0.166 e. The fourth-order valence-corrected chi connectivity index (χ4v) is 0.954. The van der Waals surface area contributed by atoms with E-state index in [0.29, 0.717) is 5.56 Å². The fraction of sp³-hybridized carbons (Fsp3) is 0.222. The lowest BCUT2D eigenvalue weighted by molar-refractivity contribution is -0.137. The zero-order valence-corrected chi connectivity index (χ0v) is 6.57. The first-order valence-electron chi connectivity index (χ1n) is 3.41. The van der Waals surface area contributed by atoms with Crippen molar-refractivity contribution in [2.45, 2.75) is 13.1 Å². The summed E-state index contributed by atoms with van der Waals surface area (Å²) in [6.45, 7) is 4.93. The molecule has 1 aromatic carbocycles. The van der Waals surface area contributed by atoms with Crippen molar-refractivity contribution in [1.82, 2.24) is 0 Å². The highest BCUT2D eigenvalue weighted by molar-refractivity contribution is 5.35. The van der Waals surface area contributed by atoms with Gasteiger partial charge in [-0.2, -0.15) is 13.2 Å². The van der Waals surface area contributed by atoms with Gasteiger partial charge in [0.25, 0.3) is 0 Å². The van der Waals surface area contributed by atoms with Crippen LogP contribution in [-0.4, -0.2) is 0 Å². The molecule has 0 saturated carbocycles. The second-order valence-electron chi connectivity index (χ2n) is 2.66. The van der Waals surface area contributed by atoms with Gasteiger partial charge in [0.1, 0.15) is 0 Å². The molecule has 0 aliphatic heterocycles. The molecule has 0 aromatic heterocycles. The van der Waals surface area contributed by atoms with E-state index in [2.05, 4.69) is 6.92 Å². The largest absolute Gasteiger partial charge is 0.416 e. The van der Waals surface area contributed by atoms with E-state index >= 15 is 0 Å². The van der Waals surface area contributed by atoms with Crippen molar-refractivity contribution in [3.05, 3.63) is 41.8 Å². The van der Waals surface area contributed by atoms with E-state index in [4.69, 9.17) is 0 Å². The van der Waals surface area contributed by atoms with Gasteiger partial charge in [-0.15, -0.1) is 0 Å². The number of aryl methyl sites for hydroxylation is 1. The van der Waals surface area contributed by atoms with Crippen LogP contribution < -0.4 is 0 Å². The Morgan fingerprint density at radius 2 is 1.83 bits per heavy atom. The normalized spacial score (nSPS) is 11.8. The van der Waals surface area contributed by atoms with Crippen LogP contribution in [0.4, 0.5) is 13.2 Å². The predicted molar refractivity (Wildman–Crippen MR) is 40.6 cm³/mol. The summed E-state index contributed by atoms with van der Waals surface area (Å²) in [5.74, 6) is 0. The Bertz CT molecular complexity index is 286. The summed E-state index contributed by atoms with van der Waals surface area (Å²) >= 11 is 0. The van der Waals surface area contributed by atoms with Crippen molar-refractivity contribution in [2.24, 2.45) is 0 Å². The maximum Gasteiger partial charge on any atom is 0.416 e. The first-order valence-corrected chi connectivity index (χ1v) is 3.41. The summed E-state index contributed by atoms with van der Waals surface area (Å²) in [4.78, 5) is 0. The van der Waals surface area contributed by atoms with E-state index in [1.165, 1.54) is 6.07 Å². The third kappa shape index (κ3) is 1.78. The van der Waals surface area contributed by atoms with Gasteiger partial charge in [-0.3, -0.25) is 0 Å². The molecule has 0 heterocycles. The molecule has 0 spiro atoms. The summed E-state index contributed by atoms with van der Waals surface area (Å²) in [6, 6.07) is 4.08. The van der Waals surface area contributed by atoms with Crippen LogP contribution in [0.5, 0.6) is 0 Å². The molecule has 3 heteroatoms. The predicted octanol–water partition coefficient (Wildman–Crippen LogP) is 3.20. The standard InChI is InChI=1S/C9H8F3/c1-6-3-4-7(2)8(5-6)9(10,11)12/h3-5H,2H2,1H3. The SMILES string of the molecule is [CH2]c1ccc(C)cc1C(F)(F)F. The van der Waals surface area contributed by atoms with Crippen LogP contribution in [0.25, 0.3) is 0 Å². The van der Waals surface area contributed by atoms with Crippen molar-refractivity contribution < 1.29 is 13.2 Å². The lowest BCUT2D eigenvalue weighted by atomic mass is 10.1. The van der Waals surface area contributed by atoms with Crippen molar-refractivity contribution in [3.63, 3.8) is 0 Å². The summed E-state index contributed by atoms with van der Waals surface area (Å²) in [7, 11) is 0. The molecule has 0 atom stereocenters. The minimum absolute atomic E-state index is 0.0214. The van der Waals surface area contributed by atoms with Gasteiger partial charge in [0.05, 0.1) is 5.56 Å². The second kappa shape index (κ2) is 2.81. The summed E-state index contributed by atoms with van der Waals surface area (Å²) in [6.07, 6.45) is -4.29. The summed E-state index contributed by atoms with van der Waals surface area (Å²) < 4.78 is 36.6. The Morgan fingerprint density at radius 1 is 1.25 bits per heavy atom. The molecule has 1 radical (unpaired) electrons. The Morgan fingerprint density at radius 3 is 2.25 bits per heavy atom. The van der Waals surface area contributed by atoms with E-state index in [1.807, 2.05) is 0 Å². The zero-order chi connectivity index (χ0) is 9.35. The van der Waals surface area contributed by atoms with Gasteiger partial charge < -0.3 is 0 Å². The molecule has 1 rings (SSSR count). The topological polar surface area (TPSA) is 0 Å². The third-order valence-corrected chi connectivity index (χ3v) is 1.57. The van der Waals surface area contributed by atoms with Gasteiger partial charge in [-0.05, 0) is 25.5 Å². The van der Waals surface area contributed by atoms with Crippen LogP contribution in [0.3, 0.4) is 0 Å². The highest BCUT2D eigenvalue weighted by atomic mass is 19.4. The van der Waals surface area contributed by atoms with Gasteiger partial charge in [0.2, 0.25) is 0 Å². The minimum atomic E-state index is -4.29. The first kappa shape index (κ1) is 9.10. The number of halogens is 3. The van der Waals surface area contributed by atoms with Crippen molar-refractivity contribution in [2.75, 3.05) is 0 Å². The molecule has 0 N–H and O–H groups in total.